The quantitative estimate of drug-likeness (QED) is 0.813. The van der Waals surface area contributed by atoms with Crippen LogP contribution in [0.3, 0.4) is 0 Å². The molecule has 0 spiro atoms. The molecule has 4 heteroatoms. The second kappa shape index (κ2) is 6.75. The number of para-hydroxylation sites is 1. The lowest BCUT2D eigenvalue weighted by molar-refractivity contribution is 0.211. The largest absolute Gasteiger partial charge is 0.490 e. The molecule has 1 N–H and O–H groups in total. The summed E-state index contributed by atoms with van der Waals surface area (Å²) in [7, 11) is 0. The standard InChI is InChI=1S/C15H15FO3/c16-14-6-1-2-7-15(14)19-9-8-18-13-5-3-4-12(10-13)11-17/h1-7,10,17H,8-9,11H2. The van der Waals surface area contributed by atoms with Crippen molar-refractivity contribution in [1.29, 1.82) is 0 Å². The van der Waals surface area contributed by atoms with Gasteiger partial charge in [-0.2, -0.15) is 0 Å². The van der Waals surface area contributed by atoms with Crippen LogP contribution >= 0.6 is 0 Å². The SMILES string of the molecule is OCc1cccc(OCCOc2ccccc2F)c1. The highest BCUT2D eigenvalue weighted by Gasteiger charge is 2.01. The Kier molecular flexibility index (Phi) is 4.75. The van der Waals surface area contributed by atoms with E-state index in [-0.39, 0.29) is 24.8 Å². The molecule has 2 aromatic carbocycles. The first-order valence-electron chi connectivity index (χ1n) is 5.99. The van der Waals surface area contributed by atoms with Gasteiger partial charge in [0.05, 0.1) is 6.61 Å². The molecule has 0 atom stereocenters. The van der Waals surface area contributed by atoms with Gasteiger partial charge in [0, 0.05) is 0 Å². The minimum atomic E-state index is -0.384. The maximum Gasteiger partial charge on any atom is 0.165 e. The molecule has 19 heavy (non-hydrogen) atoms. The molecular formula is C15H15FO3. The van der Waals surface area contributed by atoms with Crippen LogP contribution in [0.2, 0.25) is 0 Å². The number of halogens is 1. The Morgan fingerprint density at radius 2 is 1.74 bits per heavy atom. The first kappa shape index (κ1) is 13.4. The van der Waals surface area contributed by atoms with Gasteiger partial charge in [-0.1, -0.05) is 24.3 Å². The first-order valence-corrected chi connectivity index (χ1v) is 5.99. The van der Waals surface area contributed by atoms with Gasteiger partial charge in [0.25, 0.3) is 0 Å². The molecule has 0 aromatic heterocycles. The zero-order valence-corrected chi connectivity index (χ0v) is 10.4. The van der Waals surface area contributed by atoms with Gasteiger partial charge in [-0.05, 0) is 29.8 Å². The van der Waals surface area contributed by atoms with E-state index in [4.69, 9.17) is 14.6 Å². The third kappa shape index (κ3) is 3.96. The predicted molar refractivity (Wildman–Crippen MR) is 69.8 cm³/mol. The Balaban J connectivity index is 1.79. The van der Waals surface area contributed by atoms with Gasteiger partial charge < -0.3 is 14.6 Å². The van der Waals surface area contributed by atoms with Crippen molar-refractivity contribution in [1.82, 2.24) is 0 Å². The summed E-state index contributed by atoms with van der Waals surface area (Å²) in [6.07, 6.45) is 0. The Bertz CT molecular complexity index is 528. The van der Waals surface area contributed by atoms with Crippen LogP contribution in [0.5, 0.6) is 11.5 Å². The fourth-order valence-electron chi connectivity index (χ4n) is 1.61. The summed E-state index contributed by atoms with van der Waals surface area (Å²) < 4.78 is 24.0. The summed E-state index contributed by atoms with van der Waals surface area (Å²) in [5.74, 6) is 0.490. The van der Waals surface area contributed by atoms with Crippen molar-refractivity contribution in [3.8, 4) is 11.5 Å². The molecule has 0 bridgehead atoms. The fraction of sp³-hybridized carbons (Fsp3) is 0.200. The van der Waals surface area contributed by atoms with Gasteiger partial charge in [-0.15, -0.1) is 0 Å². The average molecular weight is 262 g/mol. The van der Waals surface area contributed by atoms with Crippen molar-refractivity contribution >= 4 is 0 Å². The van der Waals surface area contributed by atoms with Crippen LogP contribution in [0, 0.1) is 5.82 Å². The second-order valence-electron chi connectivity index (χ2n) is 3.93. The Morgan fingerprint density at radius 1 is 0.947 bits per heavy atom. The van der Waals surface area contributed by atoms with Crippen LogP contribution in [0.1, 0.15) is 5.56 Å². The Hall–Kier alpha value is -2.07. The van der Waals surface area contributed by atoms with Gasteiger partial charge in [0.2, 0.25) is 0 Å². The first-order chi connectivity index (χ1) is 9.29. The number of hydrogen-bond donors (Lipinski definition) is 1. The van der Waals surface area contributed by atoms with E-state index in [1.54, 1.807) is 36.4 Å². The number of ether oxygens (including phenoxy) is 2. The number of hydrogen-bond acceptors (Lipinski definition) is 3. The van der Waals surface area contributed by atoms with Crippen molar-refractivity contribution in [2.45, 2.75) is 6.61 Å². The van der Waals surface area contributed by atoms with Crippen molar-refractivity contribution in [3.05, 3.63) is 59.9 Å². The summed E-state index contributed by atoms with van der Waals surface area (Å²) in [6.45, 7) is 0.538. The lowest BCUT2D eigenvalue weighted by Crippen LogP contribution is -2.09. The van der Waals surface area contributed by atoms with Crippen molar-refractivity contribution < 1.29 is 19.0 Å². The molecule has 0 amide bonds. The Labute approximate surface area is 111 Å². The molecule has 0 unspecified atom stereocenters. The van der Waals surface area contributed by atoms with Crippen LogP contribution in [-0.2, 0) is 6.61 Å². The summed E-state index contributed by atoms with van der Waals surface area (Å²) in [5, 5.41) is 8.99. The molecule has 0 saturated carbocycles. The fourth-order valence-corrected chi connectivity index (χ4v) is 1.61. The number of aliphatic hydroxyl groups is 1. The number of aliphatic hydroxyl groups excluding tert-OH is 1. The molecule has 0 fully saturated rings. The summed E-state index contributed by atoms with van der Waals surface area (Å²) in [6, 6.07) is 13.4. The Morgan fingerprint density at radius 3 is 2.53 bits per heavy atom. The van der Waals surface area contributed by atoms with E-state index in [9.17, 15) is 4.39 Å². The normalized spacial score (nSPS) is 10.2. The highest BCUT2D eigenvalue weighted by molar-refractivity contribution is 5.28. The second-order valence-corrected chi connectivity index (χ2v) is 3.93. The zero-order valence-electron chi connectivity index (χ0n) is 10.4. The molecule has 2 aromatic rings. The van der Waals surface area contributed by atoms with Gasteiger partial charge in [-0.25, -0.2) is 4.39 Å². The molecule has 0 aliphatic heterocycles. The molecule has 100 valence electrons. The maximum atomic E-state index is 13.2. The van der Waals surface area contributed by atoms with E-state index in [1.807, 2.05) is 6.07 Å². The lowest BCUT2D eigenvalue weighted by Gasteiger charge is -2.09. The van der Waals surface area contributed by atoms with Crippen LogP contribution in [0.4, 0.5) is 4.39 Å². The highest BCUT2D eigenvalue weighted by Crippen LogP contribution is 2.16. The monoisotopic (exact) mass is 262 g/mol. The van der Waals surface area contributed by atoms with E-state index in [2.05, 4.69) is 0 Å². The molecule has 0 radical (unpaired) electrons. The van der Waals surface area contributed by atoms with Crippen molar-refractivity contribution in [2.75, 3.05) is 13.2 Å². The maximum absolute atomic E-state index is 13.2. The van der Waals surface area contributed by atoms with E-state index in [0.717, 1.165) is 5.56 Å². The highest BCUT2D eigenvalue weighted by atomic mass is 19.1. The minimum Gasteiger partial charge on any atom is -0.490 e. The third-order valence-corrected chi connectivity index (χ3v) is 2.53. The summed E-state index contributed by atoms with van der Waals surface area (Å²) in [5.41, 5.74) is 0.785. The van der Waals surface area contributed by atoms with Crippen LogP contribution < -0.4 is 9.47 Å². The van der Waals surface area contributed by atoms with E-state index < -0.39 is 0 Å². The lowest BCUT2D eigenvalue weighted by atomic mass is 10.2. The number of rotatable bonds is 6. The number of benzene rings is 2. The van der Waals surface area contributed by atoms with Gasteiger partial charge in [-0.3, -0.25) is 0 Å². The smallest absolute Gasteiger partial charge is 0.165 e. The van der Waals surface area contributed by atoms with Crippen LogP contribution in [0.15, 0.2) is 48.5 Å². The van der Waals surface area contributed by atoms with E-state index in [1.165, 1.54) is 6.07 Å². The minimum absolute atomic E-state index is 0.0249. The third-order valence-electron chi connectivity index (χ3n) is 2.53. The zero-order chi connectivity index (χ0) is 13.5. The van der Waals surface area contributed by atoms with E-state index in [0.29, 0.717) is 12.4 Å². The van der Waals surface area contributed by atoms with Gasteiger partial charge in [0.15, 0.2) is 11.6 Å². The van der Waals surface area contributed by atoms with Crippen LogP contribution in [0.25, 0.3) is 0 Å². The molecule has 2 rings (SSSR count). The molecule has 3 nitrogen and oxygen atoms in total. The van der Waals surface area contributed by atoms with Gasteiger partial charge in [0.1, 0.15) is 19.0 Å². The average Bonchev–Trinajstić information content (AvgIpc) is 2.45. The van der Waals surface area contributed by atoms with Crippen molar-refractivity contribution in [2.24, 2.45) is 0 Å². The van der Waals surface area contributed by atoms with Crippen LogP contribution in [-0.4, -0.2) is 18.3 Å². The van der Waals surface area contributed by atoms with Gasteiger partial charge >= 0.3 is 0 Å². The molecule has 0 saturated heterocycles. The summed E-state index contributed by atoms with van der Waals surface area (Å²) in [4.78, 5) is 0. The van der Waals surface area contributed by atoms with Crippen molar-refractivity contribution in [3.63, 3.8) is 0 Å². The molecule has 0 heterocycles. The molecular weight excluding hydrogens is 247 g/mol. The van der Waals surface area contributed by atoms with E-state index >= 15 is 0 Å². The summed E-state index contributed by atoms with van der Waals surface area (Å²) >= 11 is 0. The molecule has 0 aliphatic carbocycles. The topological polar surface area (TPSA) is 38.7 Å². The molecule has 0 aliphatic rings. The predicted octanol–water partition coefficient (Wildman–Crippen LogP) is 2.78.